The Morgan fingerprint density at radius 3 is 2.90 bits per heavy atom. The first-order valence-corrected chi connectivity index (χ1v) is 4.04. The van der Waals surface area contributed by atoms with Crippen LogP contribution in [0.25, 0.3) is 0 Å². The molecule has 0 radical (unpaired) electrons. The van der Waals surface area contributed by atoms with Crippen molar-refractivity contribution in [2.75, 3.05) is 0 Å². The highest BCUT2D eigenvalue weighted by molar-refractivity contribution is 7.15. The summed E-state index contributed by atoms with van der Waals surface area (Å²) in [5.41, 5.74) is 0. The third-order valence-corrected chi connectivity index (χ3v) is 2.09. The van der Waals surface area contributed by atoms with E-state index in [0.29, 0.717) is 4.47 Å². The molecule has 0 aromatic carbocycles. The first kappa shape index (κ1) is 7.98. The lowest BCUT2D eigenvalue weighted by atomic mass is 10.4. The molecule has 0 aliphatic carbocycles. The second-order valence-corrected chi connectivity index (χ2v) is 3.73. The van der Waals surface area contributed by atoms with E-state index in [2.05, 4.69) is 4.98 Å². The highest BCUT2D eigenvalue weighted by atomic mass is 35.5. The van der Waals surface area contributed by atoms with E-state index in [1.165, 1.54) is 11.3 Å². The van der Waals surface area contributed by atoms with Gasteiger partial charge in [0.05, 0.1) is 6.42 Å². The SMILES string of the molecule is O=C(Cl)Cc1cnc(Cl)s1. The van der Waals surface area contributed by atoms with Gasteiger partial charge < -0.3 is 0 Å². The fraction of sp³-hybridized carbons (Fsp3) is 0.200. The molecule has 1 aromatic rings. The van der Waals surface area contributed by atoms with Crippen LogP contribution in [0.15, 0.2) is 6.20 Å². The molecule has 0 atom stereocenters. The number of thiazole rings is 1. The van der Waals surface area contributed by atoms with Gasteiger partial charge in [0.1, 0.15) is 0 Å². The van der Waals surface area contributed by atoms with Gasteiger partial charge in [-0.15, -0.1) is 11.3 Å². The molecular formula is C5H3Cl2NOS. The van der Waals surface area contributed by atoms with Gasteiger partial charge in [0, 0.05) is 11.1 Å². The monoisotopic (exact) mass is 195 g/mol. The van der Waals surface area contributed by atoms with Gasteiger partial charge in [-0.2, -0.15) is 0 Å². The Morgan fingerprint density at radius 1 is 1.80 bits per heavy atom. The lowest BCUT2D eigenvalue weighted by molar-refractivity contribution is -0.111. The quantitative estimate of drug-likeness (QED) is 0.678. The predicted molar refractivity (Wildman–Crippen MR) is 41.7 cm³/mol. The van der Waals surface area contributed by atoms with Gasteiger partial charge in [0.25, 0.3) is 0 Å². The minimum absolute atomic E-state index is 0.214. The van der Waals surface area contributed by atoms with Crippen LogP contribution in [-0.2, 0) is 11.2 Å². The normalized spacial score (nSPS) is 9.80. The number of hydrogen-bond donors (Lipinski definition) is 0. The minimum atomic E-state index is -0.389. The third kappa shape index (κ3) is 2.25. The van der Waals surface area contributed by atoms with Gasteiger partial charge >= 0.3 is 0 Å². The van der Waals surface area contributed by atoms with Crippen molar-refractivity contribution in [1.29, 1.82) is 0 Å². The average molecular weight is 196 g/mol. The highest BCUT2D eigenvalue weighted by Crippen LogP contribution is 2.18. The molecule has 0 amide bonds. The molecule has 0 fully saturated rings. The topological polar surface area (TPSA) is 30.0 Å². The Morgan fingerprint density at radius 2 is 2.50 bits per heavy atom. The van der Waals surface area contributed by atoms with Crippen LogP contribution in [0.5, 0.6) is 0 Å². The summed E-state index contributed by atoms with van der Waals surface area (Å²) in [6.07, 6.45) is 1.76. The summed E-state index contributed by atoms with van der Waals surface area (Å²) in [4.78, 5) is 14.9. The molecule has 5 heteroatoms. The second kappa shape index (κ2) is 3.32. The van der Waals surface area contributed by atoms with Crippen LogP contribution in [0, 0.1) is 0 Å². The van der Waals surface area contributed by atoms with E-state index in [1.807, 2.05) is 0 Å². The summed E-state index contributed by atoms with van der Waals surface area (Å²) in [6, 6.07) is 0. The Bertz CT molecular complexity index is 248. The lowest BCUT2D eigenvalue weighted by Gasteiger charge is -1.83. The maximum absolute atomic E-state index is 10.3. The summed E-state index contributed by atoms with van der Waals surface area (Å²) in [5, 5.41) is -0.389. The maximum Gasteiger partial charge on any atom is 0.226 e. The zero-order valence-electron chi connectivity index (χ0n) is 4.80. The molecule has 0 bridgehead atoms. The maximum atomic E-state index is 10.3. The molecule has 0 saturated carbocycles. The van der Waals surface area contributed by atoms with Crippen LogP contribution in [0.2, 0.25) is 4.47 Å². The molecule has 0 aliphatic heterocycles. The van der Waals surface area contributed by atoms with E-state index < -0.39 is 0 Å². The Balaban J connectivity index is 2.67. The Hall–Kier alpha value is -0.120. The molecule has 1 aromatic heterocycles. The van der Waals surface area contributed by atoms with Crippen molar-refractivity contribution in [2.24, 2.45) is 0 Å². The molecule has 2 nitrogen and oxygen atoms in total. The molecule has 10 heavy (non-hydrogen) atoms. The van der Waals surface area contributed by atoms with Crippen molar-refractivity contribution >= 4 is 39.8 Å². The number of aromatic nitrogens is 1. The van der Waals surface area contributed by atoms with Crippen LogP contribution in [0.4, 0.5) is 0 Å². The van der Waals surface area contributed by atoms with Gasteiger partial charge in [0.2, 0.25) is 5.24 Å². The smallest absolute Gasteiger partial charge is 0.226 e. The largest absolute Gasteiger partial charge is 0.281 e. The fourth-order valence-electron chi connectivity index (χ4n) is 0.502. The summed E-state index contributed by atoms with van der Waals surface area (Å²) in [7, 11) is 0. The predicted octanol–water partition coefficient (Wildman–Crippen LogP) is 2.10. The van der Waals surface area contributed by atoms with Gasteiger partial charge in [-0.25, -0.2) is 4.98 Å². The number of rotatable bonds is 2. The van der Waals surface area contributed by atoms with E-state index >= 15 is 0 Å². The van der Waals surface area contributed by atoms with Crippen molar-refractivity contribution < 1.29 is 4.79 Å². The first-order chi connectivity index (χ1) is 4.68. The van der Waals surface area contributed by atoms with Crippen molar-refractivity contribution in [3.05, 3.63) is 15.5 Å². The average Bonchev–Trinajstić information content (AvgIpc) is 2.13. The van der Waals surface area contributed by atoms with Gasteiger partial charge in [-0.05, 0) is 11.6 Å². The first-order valence-electron chi connectivity index (χ1n) is 2.47. The van der Waals surface area contributed by atoms with Crippen LogP contribution >= 0.6 is 34.5 Å². The van der Waals surface area contributed by atoms with Gasteiger partial charge in [-0.1, -0.05) is 11.6 Å². The third-order valence-electron chi connectivity index (χ3n) is 0.839. The summed E-state index contributed by atoms with van der Waals surface area (Å²) >= 11 is 11.9. The van der Waals surface area contributed by atoms with E-state index in [9.17, 15) is 4.79 Å². The Kier molecular flexibility index (Phi) is 2.65. The lowest BCUT2D eigenvalue weighted by Crippen LogP contribution is -1.88. The number of carbonyl (C=O) groups is 1. The standard InChI is InChI=1S/C5H3Cl2NOS/c6-4(9)1-3-2-8-5(7)10-3/h2H,1H2. The number of carbonyl (C=O) groups excluding carboxylic acids is 1. The van der Waals surface area contributed by atoms with Gasteiger partial charge in [-0.3, -0.25) is 4.79 Å². The summed E-state index contributed by atoms with van der Waals surface area (Å²) in [5.74, 6) is 0. The van der Waals surface area contributed by atoms with E-state index in [1.54, 1.807) is 6.20 Å². The fourth-order valence-corrected chi connectivity index (χ4v) is 1.70. The summed E-state index contributed by atoms with van der Waals surface area (Å²) < 4.78 is 0.438. The number of hydrogen-bond acceptors (Lipinski definition) is 3. The van der Waals surface area contributed by atoms with Crippen LogP contribution in [0.1, 0.15) is 4.88 Å². The zero-order valence-corrected chi connectivity index (χ0v) is 7.13. The van der Waals surface area contributed by atoms with Crippen LogP contribution < -0.4 is 0 Å². The molecule has 0 saturated heterocycles. The van der Waals surface area contributed by atoms with E-state index in [0.717, 1.165) is 4.88 Å². The molecule has 0 N–H and O–H groups in total. The highest BCUT2D eigenvalue weighted by Gasteiger charge is 2.02. The molecule has 1 rings (SSSR count). The molecule has 1 heterocycles. The zero-order chi connectivity index (χ0) is 7.56. The van der Waals surface area contributed by atoms with Crippen molar-refractivity contribution in [2.45, 2.75) is 6.42 Å². The van der Waals surface area contributed by atoms with Crippen molar-refractivity contribution in [3.8, 4) is 0 Å². The van der Waals surface area contributed by atoms with Crippen LogP contribution in [0.3, 0.4) is 0 Å². The summed E-state index contributed by atoms with van der Waals surface area (Å²) in [6.45, 7) is 0. The molecule has 0 spiro atoms. The number of halogens is 2. The van der Waals surface area contributed by atoms with Crippen molar-refractivity contribution in [1.82, 2.24) is 4.98 Å². The van der Waals surface area contributed by atoms with E-state index in [-0.39, 0.29) is 11.7 Å². The second-order valence-electron chi connectivity index (χ2n) is 1.61. The molecule has 0 unspecified atom stereocenters. The van der Waals surface area contributed by atoms with E-state index in [4.69, 9.17) is 23.2 Å². The minimum Gasteiger partial charge on any atom is -0.281 e. The van der Waals surface area contributed by atoms with Crippen LogP contribution in [-0.4, -0.2) is 10.2 Å². The van der Waals surface area contributed by atoms with Crippen molar-refractivity contribution in [3.63, 3.8) is 0 Å². The van der Waals surface area contributed by atoms with Gasteiger partial charge in [0.15, 0.2) is 4.47 Å². The Labute approximate surface area is 71.8 Å². The molecule has 0 aliphatic rings. The number of nitrogens with zero attached hydrogens (tertiary/aromatic N) is 1. The molecule has 54 valence electrons. The molecular weight excluding hydrogens is 193 g/mol.